The van der Waals surface area contributed by atoms with Crippen LogP contribution in [0.4, 0.5) is 0 Å². The van der Waals surface area contributed by atoms with Crippen LogP contribution < -0.4 is 0 Å². The zero-order valence-corrected chi connectivity index (χ0v) is 6.36. The van der Waals surface area contributed by atoms with E-state index < -0.39 is 0 Å². The number of nitrogens with zero attached hydrogens (tertiary/aromatic N) is 3. The lowest BCUT2D eigenvalue weighted by atomic mass is 10.2. The highest BCUT2D eigenvalue weighted by atomic mass is 15.4. The van der Waals surface area contributed by atoms with Gasteiger partial charge in [0.25, 0.3) is 0 Å². The lowest BCUT2D eigenvalue weighted by molar-refractivity contribution is 0.708. The monoisotopic (exact) mass is 147 g/mol. The van der Waals surface area contributed by atoms with Crippen molar-refractivity contribution in [1.29, 1.82) is 0 Å². The Labute approximate surface area is 65.0 Å². The Bertz CT molecular complexity index is 320. The topological polar surface area (TPSA) is 30.7 Å². The summed E-state index contributed by atoms with van der Waals surface area (Å²) in [5, 5.41) is 7.95. The molecule has 1 aliphatic carbocycles. The molecule has 0 amide bonds. The van der Waals surface area contributed by atoms with E-state index in [1.54, 1.807) is 4.68 Å². The summed E-state index contributed by atoms with van der Waals surface area (Å²) < 4.78 is 1.79. The van der Waals surface area contributed by atoms with Crippen LogP contribution in [0.25, 0.3) is 6.08 Å². The molecule has 11 heavy (non-hydrogen) atoms. The number of aryl methyl sites for hydroxylation is 1. The maximum absolute atomic E-state index is 4.03. The molecule has 0 bridgehead atoms. The van der Waals surface area contributed by atoms with Crippen LogP contribution in [0.5, 0.6) is 0 Å². The number of allylic oxidation sites excluding steroid dienone is 3. The van der Waals surface area contributed by atoms with Gasteiger partial charge < -0.3 is 0 Å². The van der Waals surface area contributed by atoms with Gasteiger partial charge >= 0.3 is 0 Å². The largest absolute Gasteiger partial charge is 0.248 e. The van der Waals surface area contributed by atoms with E-state index in [0.29, 0.717) is 0 Å². The van der Waals surface area contributed by atoms with E-state index in [0.717, 1.165) is 17.8 Å². The van der Waals surface area contributed by atoms with Crippen LogP contribution in [-0.2, 0) is 13.5 Å². The van der Waals surface area contributed by atoms with Crippen LogP contribution in [0.2, 0.25) is 0 Å². The third kappa shape index (κ3) is 0.981. The molecule has 0 aromatic carbocycles. The number of hydrogen-bond acceptors (Lipinski definition) is 2. The molecule has 1 aromatic heterocycles. The fourth-order valence-electron chi connectivity index (χ4n) is 1.16. The molecule has 0 saturated carbocycles. The van der Waals surface area contributed by atoms with Crippen molar-refractivity contribution in [3.05, 3.63) is 29.6 Å². The van der Waals surface area contributed by atoms with Crippen molar-refractivity contribution >= 4 is 6.08 Å². The predicted molar refractivity (Wildman–Crippen MR) is 42.9 cm³/mol. The molecule has 0 unspecified atom stereocenters. The second kappa shape index (κ2) is 2.34. The SMILES string of the molecule is Cn1nnc2c1C=CC=CC2. The Balaban J connectivity index is 2.55. The molecule has 0 fully saturated rings. The molecule has 0 atom stereocenters. The normalized spacial score (nSPS) is 14.6. The zero-order chi connectivity index (χ0) is 7.68. The second-order valence-electron chi connectivity index (χ2n) is 2.54. The van der Waals surface area contributed by atoms with Gasteiger partial charge in [-0.2, -0.15) is 0 Å². The van der Waals surface area contributed by atoms with Gasteiger partial charge in [0.1, 0.15) is 0 Å². The highest BCUT2D eigenvalue weighted by Gasteiger charge is 2.06. The summed E-state index contributed by atoms with van der Waals surface area (Å²) in [5.41, 5.74) is 2.16. The van der Waals surface area contributed by atoms with Crippen LogP contribution in [0, 0.1) is 0 Å². The smallest absolute Gasteiger partial charge is 0.0938 e. The highest BCUT2D eigenvalue weighted by Crippen LogP contribution is 2.10. The summed E-state index contributed by atoms with van der Waals surface area (Å²) in [5.74, 6) is 0. The van der Waals surface area contributed by atoms with Gasteiger partial charge in [0.05, 0.1) is 11.4 Å². The molecule has 1 aromatic rings. The van der Waals surface area contributed by atoms with Gasteiger partial charge in [-0.15, -0.1) is 5.10 Å². The van der Waals surface area contributed by atoms with Crippen molar-refractivity contribution in [2.24, 2.45) is 7.05 Å². The first-order valence-electron chi connectivity index (χ1n) is 3.59. The standard InChI is InChI=1S/C8H9N3/c1-11-8-6-4-2-3-5-7(8)9-10-11/h2-4,6H,5H2,1H3. The lowest BCUT2D eigenvalue weighted by Crippen LogP contribution is -1.93. The summed E-state index contributed by atoms with van der Waals surface area (Å²) in [6.07, 6.45) is 9.03. The minimum Gasteiger partial charge on any atom is -0.248 e. The van der Waals surface area contributed by atoms with E-state index in [1.165, 1.54) is 0 Å². The summed E-state index contributed by atoms with van der Waals surface area (Å²) in [6.45, 7) is 0. The fraction of sp³-hybridized carbons (Fsp3) is 0.250. The zero-order valence-electron chi connectivity index (χ0n) is 6.36. The molecular weight excluding hydrogens is 138 g/mol. The predicted octanol–water partition coefficient (Wildman–Crippen LogP) is 0.941. The molecule has 0 radical (unpaired) electrons. The summed E-state index contributed by atoms with van der Waals surface area (Å²) in [7, 11) is 1.90. The molecule has 0 N–H and O–H groups in total. The van der Waals surface area contributed by atoms with Gasteiger partial charge in [0.15, 0.2) is 0 Å². The maximum atomic E-state index is 4.03. The van der Waals surface area contributed by atoms with Gasteiger partial charge in [0, 0.05) is 13.5 Å². The van der Waals surface area contributed by atoms with Gasteiger partial charge in [0.2, 0.25) is 0 Å². The first-order chi connectivity index (χ1) is 5.38. The van der Waals surface area contributed by atoms with Crippen LogP contribution in [0.15, 0.2) is 18.2 Å². The number of rotatable bonds is 0. The molecule has 2 rings (SSSR count). The molecule has 3 heteroatoms. The van der Waals surface area contributed by atoms with E-state index in [1.807, 2.05) is 25.3 Å². The molecule has 1 heterocycles. The van der Waals surface area contributed by atoms with Crippen molar-refractivity contribution in [1.82, 2.24) is 15.0 Å². The number of aromatic nitrogens is 3. The first kappa shape index (κ1) is 6.34. The second-order valence-corrected chi connectivity index (χ2v) is 2.54. The van der Waals surface area contributed by atoms with E-state index >= 15 is 0 Å². The quantitative estimate of drug-likeness (QED) is 0.546. The average Bonchev–Trinajstić information content (AvgIpc) is 2.25. The Morgan fingerprint density at radius 1 is 1.45 bits per heavy atom. The Kier molecular flexibility index (Phi) is 1.35. The summed E-state index contributed by atoms with van der Waals surface area (Å²) >= 11 is 0. The van der Waals surface area contributed by atoms with Crippen molar-refractivity contribution in [3.63, 3.8) is 0 Å². The van der Waals surface area contributed by atoms with Crippen molar-refractivity contribution < 1.29 is 0 Å². The van der Waals surface area contributed by atoms with Crippen LogP contribution in [0.1, 0.15) is 11.4 Å². The lowest BCUT2D eigenvalue weighted by Gasteiger charge is -1.92. The Morgan fingerprint density at radius 2 is 2.36 bits per heavy atom. The van der Waals surface area contributed by atoms with E-state index in [9.17, 15) is 0 Å². The molecule has 56 valence electrons. The molecule has 0 spiro atoms. The summed E-state index contributed by atoms with van der Waals surface area (Å²) in [6, 6.07) is 0. The third-order valence-electron chi connectivity index (χ3n) is 1.76. The summed E-state index contributed by atoms with van der Waals surface area (Å²) in [4.78, 5) is 0. The molecule has 0 saturated heterocycles. The third-order valence-corrected chi connectivity index (χ3v) is 1.76. The van der Waals surface area contributed by atoms with E-state index in [4.69, 9.17) is 0 Å². The van der Waals surface area contributed by atoms with Crippen LogP contribution in [-0.4, -0.2) is 15.0 Å². The molecular formula is C8H9N3. The van der Waals surface area contributed by atoms with Gasteiger partial charge in [-0.05, 0) is 6.08 Å². The number of hydrogen-bond donors (Lipinski definition) is 0. The van der Waals surface area contributed by atoms with Gasteiger partial charge in [-0.1, -0.05) is 23.4 Å². The first-order valence-corrected chi connectivity index (χ1v) is 3.59. The Hall–Kier alpha value is -1.38. The van der Waals surface area contributed by atoms with Crippen molar-refractivity contribution in [2.45, 2.75) is 6.42 Å². The maximum Gasteiger partial charge on any atom is 0.0938 e. The van der Waals surface area contributed by atoms with Crippen LogP contribution in [0.3, 0.4) is 0 Å². The average molecular weight is 147 g/mol. The minimum absolute atomic E-state index is 0.885. The fourth-order valence-corrected chi connectivity index (χ4v) is 1.16. The van der Waals surface area contributed by atoms with E-state index in [2.05, 4.69) is 16.4 Å². The van der Waals surface area contributed by atoms with Gasteiger partial charge in [-0.3, -0.25) is 0 Å². The van der Waals surface area contributed by atoms with Crippen molar-refractivity contribution in [2.75, 3.05) is 0 Å². The minimum atomic E-state index is 0.885. The molecule has 1 aliphatic rings. The van der Waals surface area contributed by atoms with Gasteiger partial charge in [-0.25, -0.2) is 4.68 Å². The molecule has 3 nitrogen and oxygen atoms in total. The molecule has 0 aliphatic heterocycles. The van der Waals surface area contributed by atoms with Crippen molar-refractivity contribution in [3.8, 4) is 0 Å². The number of fused-ring (bicyclic) bond motifs is 1. The Morgan fingerprint density at radius 3 is 3.27 bits per heavy atom. The van der Waals surface area contributed by atoms with Crippen LogP contribution >= 0.6 is 0 Å². The van der Waals surface area contributed by atoms with E-state index in [-0.39, 0.29) is 0 Å². The highest BCUT2D eigenvalue weighted by molar-refractivity contribution is 5.51.